The van der Waals surface area contributed by atoms with Crippen molar-refractivity contribution >= 4 is 25.9 Å². The van der Waals surface area contributed by atoms with Gasteiger partial charge in [-0.25, -0.2) is 21.8 Å². The van der Waals surface area contributed by atoms with E-state index in [0.29, 0.717) is 9.80 Å². The maximum absolute atomic E-state index is 13.8. The van der Waals surface area contributed by atoms with Gasteiger partial charge >= 0.3 is 0 Å². The van der Waals surface area contributed by atoms with Gasteiger partial charge in [0, 0.05) is 12.6 Å². The van der Waals surface area contributed by atoms with Gasteiger partial charge in [-0.2, -0.15) is 0 Å². The average molecular weight is 503 g/mol. The van der Waals surface area contributed by atoms with Crippen molar-refractivity contribution in [2.45, 2.75) is 10.9 Å². The Balaban J connectivity index is 0.000000481. The van der Waals surface area contributed by atoms with E-state index in [1.165, 1.54) is 0 Å². The summed E-state index contributed by atoms with van der Waals surface area (Å²) in [4.78, 5) is 0.763. The zero-order valence-corrected chi connectivity index (χ0v) is 20.6. The van der Waals surface area contributed by atoms with Crippen LogP contribution in [0.5, 0.6) is 0 Å². The van der Waals surface area contributed by atoms with Gasteiger partial charge in [0.25, 0.3) is 0 Å². The molecule has 0 aromatic heterocycles. The zero-order chi connectivity index (χ0) is 24.9. The molecule has 1 N–H and O–H groups in total. The van der Waals surface area contributed by atoms with E-state index >= 15 is 0 Å². The van der Waals surface area contributed by atoms with Crippen molar-refractivity contribution in [1.82, 2.24) is 5.01 Å². The molecular formula is C24H26N2O6S2. The Hall–Kier alpha value is -2.86. The predicted molar refractivity (Wildman–Crippen MR) is 128 cm³/mol. The van der Waals surface area contributed by atoms with Crippen molar-refractivity contribution in [3.05, 3.63) is 107 Å². The number of sulfone groups is 1. The monoisotopic (exact) mass is 502 g/mol. The first-order valence-electron chi connectivity index (χ1n) is 10.3. The number of nitrogens with zero attached hydrogens (tertiary/aromatic N) is 1. The minimum absolute atomic E-state index is 0.322. The van der Waals surface area contributed by atoms with Crippen LogP contribution in [-0.4, -0.2) is 47.6 Å². The average Bonchev–Trinajstić information content (AvgIpc) is 3.12. The van der Waals surface area contributed by atoms with E-state index in [1.807, 2.05) is 80.8 Å². The Morgan fingerprint density at radius 2 is 1.26 bits per heavy atom. The van der Waals surface area contributed by atoms with Crippen molar-refractivity contribution in [3.63, 3.8) is 0 Å². The molecule has 34 heavy (non-hydrogen) atoms. The highest BCUT2D eigenvalue weighted by molar-refractivity contribution is 7.95. The Kier molecular flexibility index (Phi) is 8.03. The van der Waals surface area contributed by atoms with Gasteiger partial charge in [-0.1, -0.05) is 66.7 Å². The molecule has 1 aliphatic rings. The first-order chi connectivity index (χ1) is 16.1. The van der Waals surface area contributed by atoms with E-state index in [4.69, 9.17) is 0 Å². The number of likely N-dealkylation sites (N-methyl/N-ethyl adjacent to an activating group) is 1. The molecule has 180 valence electrons. The molecule has 0 bridgehead atoms. The Bertz CT molecular complexity index is 1340. The predicted octanol–water partition coefficient (Wildman–Crippen LogP) is 2.04. The summed E-state index contributed by atoms with van der Waals surface area (Å²) >= 11 is 0. The molecule has 2 unspecified atom stereocenters. The fraction of sp³-hybridized carbons (Fsp3) is 0.167. The fourth-order valence-corrected chi connectivity index (χ4v) is 5.73. The third kappa shape index (κ3) is 5.61. The molecule has 0 fully saturated rings. The molecule has 1 heterocycles. The molecule has 0 radical (unpaired) electrons. The first kappa shape index (κ1) is 25.8. The zero-order valence-electron chi connectivity index (χ0n) is 19.0. The van der Waals surface area contributed by atoms with Crippen molar-refractivity contribution < 1.29 is 30.6 Å². The molecule has 0 saturated carbocycles. The van der Waals surface area contributed by atoms with Crippen LogP contribution in [0, 0.1) is 0 Å². The summed E-state index contributed by atoms with van der Waals surface area (Å²) in [6.45, 7) is 0. The summed E-state index contributed by atoms with van der Waals surface area (Å²) in [5.41, 5.74) is 2.67. The van der Waals surface area contributed by atoms with Crippen molar-refractivity contribution in [2.75, 3.05) is 21.2 Å². The van der Waals surface area contributed by atoms with E-state index in [2.05, 4.69) is 9.19 Å². The minimum atomic E-state index is -4.41. The number of quaternary nitrogens is 1. The molecule has 0 spiro atoms. The van der Waals surface area contributed by atoms with Crippen LogP contribution in [0.15, 0.2) is 101 Å². The highest BCUT2D eigenvalue weighted by Gasteiger charge is 2.47. The first-order valence-corrected chi connectivity index (χ1v) is 13.1. The SMILES string of the molecule is CN1C(c2ccccc2)C(S(=O)(=O)c2ccccc2)=C(c2ccccc2)[NH+]1C.COS(=O)(=O)[O-]. The van der Waals surface area contributed by atoms with Crippen molar-refractivity contribution in [2.24, 2.45) is 0 Å². The lowest BCUT2D eigenvalue weighted by molar-refractivity contribution is -0.928. The molecular weight excluding hydrogens is 476 g/mol. The summed E-state index contributed by atoms with van der Waals surface area (Å²) in [7, 11) is -3.33. The third-order valence-corrected chi connectivity index (χ3v) is 7.81. The van der Waals surface area contributed by atoms with E-state index in [-0.39, 0.29) is 6.04 Å². The van der Waals surface area contributed by atoms with Gasteiger partial charge in [-0.3, -0.25) is 4.18 Å². The number of nitrogens with one attached hydrogen (secondary N) is 1. The summed E-state index contributed by atoms with van der Waals surface area (Å²) in [5.74, 6) is 0. The topological polar surface area (TPSA) is 108 Å². The molecule has 4 rings (SSSR count). The summed E-state index contributed by atoms with van der Waals surface area (Å²) in [5, 5.41) is 3.02. The van der Waals surface area contributed by atoms with Gasteiger partial charge in [-0.05, 0) is 29.8 Å². The molecule has 10 heteroatoms. The molecule has 0 amide bonds. The Labute approximate surface area is 200 Å². The Morgan fingerprint density at radius 1 is 0.824 bits per heavy atom. The van der Waals surface area contributed by atoms with Gasteiger partial charge in [-0.15, -0.1) is 5.01 Å². The molecule has 1 aliphatic heterocycles. The highest BCUT2D eigenvalue weighted by Crippen LogP contribution is 2.40. The van der Waals surface area contributed by atoms with Crippen LogP contribution in [0.2, 0.25) is 0 Å². The maximum Gasteiger partial charge on any atom is 0.217 e. The standard InChI is InChI=1S/C23H22N2O2S.CH4O4S/c1-24-21(18-12-6-3-7-13-18)23(28(26,27)20-16-10-5-11-17-20)22(25(24)2)19-14-8-4-9-15-19;1-5-6(2,3)4/h3-17,21H,1-2H3;1H3,(H,2,3,4). The minimum Gasteiger partial charge on any atom is -0.726 e. The lowest BCUT2D eigenvalue weighted by Crippen LogP contribution is -3.11. The van der Waals surface area contributed by atoms with E-state index in [1.54, 1.807) is 24.3 Å². The van der Waals surface area contributed by atoms with Crippen LogP contribution in [0.25, 0.3) is 5.70 Å². The van der Waals surface area contributed by atoms with E-state index in [0.717, 1.165) is 28.9 Å². The second-order valence-electron chi connectivity index (χ2n) is 7.51. The van der Waals surface area contributed by atoms with Gasteiger partial charge in [0.1, 0.15) is 10.9 Å². The third-order valence-electron chi connectivity index (χ3n) is 5.50. The lowest BCUT2D eigenvalue weighted by Gasteiger charge is -2.23. The van der Waals surface area contributed by atoms with Gasteiger partial charge in [0.15, 0.2) is 5.70 Å². The highest BCUT2D eigenvalue weighted by atomic mass is 32.3. The molecule has 2 atom stereocenters. The number of hydrogen-bond acceptors (Lipinski definition) is 7. The van der Waals surface area contributed by atoms with Crippen LogP contribution < -0.4 is 5.01 Å². The van der Waals surface area contributed by atoms with Crippen LogP contribution in [0.4, 0.5) is 0 Å². The second-order valence-corrected chi connectivity index (χ2v) is 10.6. The molecule has 8 nitrogen and oxygen atoms in total. The molecule has 3 aromatic carbocycles. The van der Waals surface area contributed by atoms with Crippen LogP contribution in [0.1, 0.15) is 17.2 Å². The number of hydrogen-bond donors (Lipinski definition) is 1. The van der Waals surface area contributed by atoms with Gasteiger partial charge < -0.3 is 4.55 Å². The number of benzene rings is 3. The molecule has 0 aliphatic carbocycles. The fourth-order valence-electron chi connectivity index (χ4n) is 3.84. The normalized spacial score (nSPS) is 18.9. The van der Waals surface area contributed by atoms with Crippen molar-refractivity contribution in [3.8, 4) is 0 Å². The largest absolute Gasteiger partial charge is 0.726 e. The lowest BCUT2D eigenvalue weighted by atomic mass is 10.0. The Morgan fingerprint density at radius 3 is 1.74 bits per heavy atom. The van der Waals surface area contributed by atoms with E-state index < -0.39 is 20.2 Å². The number of rotatable bonds is 5. The molecule has 3 aromatic rings. The second kappa shape index (κ2) is 10.6. The van der Waals surface area contributed by atoms with Crippen molar-refractivity contribution in [1.29, 1.82) is 0 Å². The smallest absolute Gasteiger partial charge is 0.217 e. The molecule has 0 saturated heterocycles. The maximum atomic E-state index is 13.8. The quantitative estimate of drug-likeness (QED) is 0.420. The van der Waals surface area contributed by atoms with Gasteiger partial charge in [0.2, 0.25) is 20.2 Å². The summed E-state index contributed by atoms with van der Waals surface area (Å²) in [6.07, 6.45) is 0. The van der Waals surface area contributed by atoms with Gasteiger partial charge in [0.05, 0.1) is 19.1 Å². The van der Waals surface area contributed by atoms with Crippen LogP contribution >= 0.6 is 0 Å². The summed E-state index contributed by atoms with van der Waals surface area (Å²) < 4.78 is 58.6. The van der Waals surface area contributed by atoms with Crippen LogP contribution in [-0.2, 0) is 24.4 Å². The van der Waals surface area contributed by atoms with E-state index in [9.17, 15) is 21.4 Å². The van der Waals surface area contributed by atoms with Crippen LogP contribution in [0.3, 0.4) is 0 Å². The summed E-state index contributed by atoms with van der Waals surface area (Å²) in [6, 6.07) is 27.9.